The van der Waals surface area contributed by atoms with Gasteiger partial charge in [0.2, 0.25) is 0 Å². The fourth-order valence-electron chi connectivity index (χ4n) is 1.13. The van der Waals surface area contributed by atoms with Crippen LogP contribution < -0.4 is 15.8 Å². The third-order valence-electron chi connectivity index (χ3n) is 2.05. The maximum absolute atomic E-state index is 11.4. The molecule has 0 aliphatic carbocycles. The number of rotatable bonds is 5. The number of hydrogen-bond acceptors (Lipinski definition) is 5. The normalized spacial score (nSPS) is 11.4. The molecule has 7 nitrogen and oxygen atoms in total. The molecule has 1 amide bonds. The minimum Gasteiger partial charge on any atom is -0.495 e. The van der Waals surface area contributed by atoms with Crippen LogP contribution in [0, 0.1) is 0 Å². The number of anilines is 1. The summed E-state index contributed by atoms with van der Waals surface area (Å²) in [7, 11) is 1.46. The molecule has 0 unspecified atom stereocenters. The summed E-state index contributed by atoms with van der Waals surface area (Å²) < 4.78 is 9.68. The van der Waals surface area contributed by atoms with Crippen molar-refractivity contribution in [3.63, 3.8) is 0 Å². The predicted octanol–water partition coefficient (Wildman–Crippen LogP) is 0.656. The maximum atomic E-state index is 11.4. The van der Waals surface area contributed by atoms with Crippen LogP contribution >= 0.6 is 0 Å². The van der Waals surface area contributed by atoms with Gasteiger partial charge in [-0.3, -0.25) is 10.1 Å². The number of nitrogens with one attached hydrogen (secondary N) is 1. The lowest BCUT2D eigenvalue weighted by Gasteiger charge is -2.11. The number of methoxy groups -OCH3 is 1. The van der Waals surface area contributed by atoms with Crippen molar-refractivity contribution in [1.29, 1.82) is 0 Å². The van der Waals surface area contributed by atoms with Crippen LogP contribution in [0.2, 0.25) is 0 Å². The second kappa shape index (κ2) is 6.45. The summed E-state index contributed by atoms with van der Waals surface area (Å²) in [4.78, 5) is 21.8. The lowest BCUT2D eigenvalue weighted by Crippen LogP contribution is -2.36. The second-order valence-electron chi connectivity index (χ2n) is 3.37. The molecule has 0 radical (unpaired) electrons. The van der Waals surface area contributed by atoms with Gasteiger partial charge in [0.15, 0.2) is 0 Å². The van der Waals surface area contributed by atoms with Gasteiger partial charge >= 0.3 is 12.1 Å². The molecular formula is C11H14N2O5. The first-order chi connectivity index (χ1) is 8.54. The Labute approximate surface area is 103 Å². The Balaban J connectivity index is 2.52. The quantitative estimate of drug-likeness (QED) is 0.711. The number of benzene rings is 1. The van der Waals surface area contributed by atoms with Crippen molar-refractivity contribution in [2.45, 2.75) is 6.04 Å². The van der Waals surface area contributed by atoms with Gasteiger partial charge in [-0.15, -0.1) is 0 Å². The Morgan fingerprint density at radius 2 is 2.11 bits per heavy atom. The SMILES string of the molecule is COc1ccccc1NC(=O)OC[C@H](N)C(=O)O. The molecule has 0 aliphatic heterocycles. The Kier molecular flexibility index (Phi) is 4.94. The molecule has 7 heteroatoms. The number of para-hydroxylation sites is 2. The average molecular weight is 254 g/mol. The molecule has 1 aromatic rings. The number of ether oxygens (including phenoxy) is 2. The van der Waals surface area contributed by atoms with Crippen molar-refractivity contribution in [2.24, 2.45) is 5.73 Å². The number of amides is 1. The van der Waals surface area contributed by atoms with Crippen LogP contribution in [0.5, 0.6) is 5.75 Å². The second-order valence-corrected chi connectivity index (χ2v) is 3.37. The van der Waals surface area contributed by atoms with E-state index in [0.29, 0.717) is 11.4 Å². The Morgan fingerprint density at radius 3 is 2.72 bits per heavy atom. The Morgan fingerprint density at radius 1 is 1.44 bits per heavy atom. The number of aliphatic carboxylic acids is 1. The number of nitrogens with two attached hydrogens (primary N) is 1. The van der Waals surface area contributed by atoms with Gasteiger partial charge < -0.3 is 20.3 Å². The zero-order valence-electron chi connectivity index (χ0n) is 9.75. The van der Waals surface area contributed by atoms with E-state index in [0.717, 1.165) is 0 Å². The molecule has 0 saturated heterocycles. The highest BCUT2D eigenvalue weighted by Gasteiger charge is 2.14. The van der Waals surface area contributed by atoms with E-state index in [4.69, 9.17) is 15.6 Å². The summed E-state index contributed by atoms with van der Waals surface area (Å²) in [6.45, 7) is -0.406. The van der Waals surface area contributed by atoms with Crippen LogP contribution in [-0.2, 0) is 9.53 Å². The number of hydrogen-bond donors (Lipinski definition) is 3. The fraction of sp³-hybridized carbons (Fsp3) is 0.273. The van der Waals surface area contributed by atoms with Crippen LogP contribution in [0.1, 0.15) is 0 Å². The molecule has 1 aromatic carbocycles. The molecule has 1 atom stereocenters. The van der Waals surface area contributed by atoms with Gasteiger partial charge in [0.1, 0.15) is 18.4 Å². The summed E-state index contributed by atoms with van der Waals surface area (Å²) in [6.07, 6.45) is -0.795. The average Bonchev–Trinajstić information content (AvgIpc) is 2.36. The smallest absolute Gasteiger partial charge is 0.411 e. The van der Waals surface area contributed by atoms with Crippen LogP contribution in [0.15, 0.2) is 24.3 Å². The van der Waals surface area contributed by atoms with Crippen LogP contribution in [-0.4, -0.2) is 36.9 Å². The van der Waals surface area contributed by atoms with E-state index < -0.39 is 24.7 Å². The number of carboxylic acids is 1. The molecule has 0 aromatic heterocycles. The van der Waals surface area contributed by atoms with Gasteiger partial charge in [0, 0.05) is 0 Å². The van der Waals surface area contributed by atoms with Crippen molar-refractivity contribution in [3.05, 3.63) is 24.3 Å². The van der Waals surface area contributed by atoms with Crippen molar-refractivity contribution in [3.8, 4) is 5.75 Å². The number of carbonyl (C=O) groups excluding carboxylic acids is 1. The van der Waals surface area contributed by atoms with E-state index in [2.05, 4.69) is 10.1 Å². The molecular weight excluding hydrogens is 240 g/mol. The van der Waals surface area contributed by atoms with Gasteiger partial charge in [-0.2, -0.15) is 0 Å². The maximum Gasteiger partial charge on any atom is 0.411 e. The first-order valence-corrected chi connectivity index (χ1v) is 5.09. The summed E-state index contributed by atoms with van der Waals surface area (Å²) in [5.74, 6) is -0.767. The molecule has 0 bridgehead atoms. The van der Waals surface area contributed by atoms with E-state index in [1.165, 1.54) is 7.11 Å². The molecule has 4 N–H and O–H groups in total. The molecule has 0 spiro atoms. The summed E-state index contributed by atoms with van der Waals surface area (Å²) >= 11 is 0. The summed E-state index contributed by atoms with van der Waals surface area (Å²) in [5.41, 5.74) is 5.61. The number of carbonyl (C=O) groups is 2. The molecule has 0 aliphatic rings. The van der Waals surface area contributed by atoms with Gasteiger partial charge in [0.05, 0.1) is 12.8 Å². The largest absolute Gasteiger partial charge is 0.495 e. The first kappa shape index (κ1) is 13.8. The van der Waals surface area contributed by atoms with E-state index in [1.54, 1.807) is 24.3 Å². The van der Waals surface area contributed by atoms with Crippen molar-refractivity contribution < 1.29 is 24.2 Å². The number of carboxylic acid groups (broad SMARTS) is 1. The molecule has 0 fully saturated rings. The highest BCUT2D eigenvalue weighted by Crippen LogP contribution is 2.22. The van der Waals surface area contributed by atoms with Gasteiger partial charge in [-0.25, -0.2) is 4.79 Å². The Hall–Kier alpha value is -2.28. The standard InChI is InChI=1S/C11H14N2O5/c1-17-9-5-3-2-4-8(9)13-11(16)18-6-7(12)10(14)15/h2-5,7H,6,12H2,1H3,(H,13,16)(H,14,15)/t7-/m0/s1. The molecule has 0 saturated carbocycles. The molecule has 98 valence electrons. The lowest BCUT2D eigenvalue weighted by molar-refractivity contribution is -0.139. The highest BCUT2D eigenvalue weighted by atomic mass is 16.6. The van der Waals surface area contributed by atoms with E-state index >= 15 is 0 Å². The topological polar surface area (TPSA) is 111 Å². The first-order valence-electron chi connectivity index (χ1n) is 5.09. The van der Waals surface area contributed by atoms with Crippen LogP contribution in [0.3, 0.4) is 0 Å². The minimum absolute atomic E-state index is 0.406. The van der Waals surface area contributed by atoms with Gasteiger partial charge in [-0.1, -0.05) is 12.1 Å². The van der Waals surface area contributed by atoms with Gasteiger partial charge in [0.25, 0.3) is 0 Å². The van der Waals surface area contributed by atoms with Crippen molar-refractivity contribution in [1.82, 2.24) is 0 Å². The van der Waals surface area contributed by atoms with E-state index in [-0.39, 0.29) is 0 Å². The van der Waals surface area contributed by atoms with Gasteiger partial charge in [-0.05, 0) is 12.1 Å². The van der Waals surface area contributed by atoms with E-state index in [1.807, 2.05) is 0 Å². The summed E-state index contributed by atoms with van der Waals surface area (Å²) in [5, 5.41) is 10.9. The van der Waals surface area contributed by atoms with Crippen LogP contribution in [0.4, 0.5) is 10.5 Å². The minimum atomic E-state index is -1.24. The van der Waals surface area contributed by atoms with Crippen LogP contribution in [0.25, 0.3) is 0 Å². The van der Waals surface area contributed by atoms with E-state index in [9.17, 15) is 9.59 Å². The third kappa shape index (κ3) is 3.95. The zero-order valence-corrected chi connectivity index (χ0v) is 9.75. The zero-order chi connectivity index (χ0) is 13.5. The Bertz CT molecular complexity index is 435. The summed E-state index contributed by atoms with van der Waals surface area (Å²) in [6, 6.07) is 5.50. The fourth-order valence-corrected chi connectivity index (χ4v) is 1.13. The highest BCUT2D eigenvalue weighted by molar-refractivity contribution is 5.87. The molecule has 1 rings (SSSR count). The van der Waals surface area contributed by atoms with Crippen molar-refractivity contribution in [2.75, 3.05) is 19.0 Å². The third-order valence-corrected chi connectivity index (χ3v) is 2.05. The molecule has 18 heavy (non-hydrogen) atoms. The van der Waals surface area contributed by atoms with Crippen molar-refractivity contribution >= 4 is 17.7 Å². The lowest BCUT2D eigenvalue weighted by atomic mass is 10.3. The monoisotopic (exact) mass is 254 g/mol. The molecule has 0 heterocycles. The predicted molar refractivity (Wildman–Crippen MR) is 63.6 cm³/mol.